The van der Waals surface area contributed by atoms with Gasteiger partial charge in [0.15, 0.2) is 16.6 Å². The zero-order valence-electron chi connectivity index (χ0n) is 15.5. The van der Waals surface area contributed by atoms with Gasteiger partial charge in [-0.1, -0.05) is 6.92 Å². The van der Waals surface area contributed by atoms with Crippen LogP contribution in [0.25, 0.3) is 0 Å². The van der Waals surface area contributed by atoms with Crippen molar-refractivity contribution in [2.24, 2.45) is 5.92 Å². The lowest BCUT2D eigenvalue weighted by atomic mass is 9.93. The first-order valence-corrected chi connectivity index (χ1v) is 9.43. The van der Waals surface area contributed by atoms with Gasteiger partial charge in [0.25, 0.3) is 0 Å². The summed E-state index contributed by atoms with van der Waals surface area (Å²) in [6.45, 7) is 2.26. The van der Waals surface area contributed by atoms with E-state index in [-0.39, 0.29) is 12.3 Å². The number of benzene rings is 1. The van der Waals surface area contributed by atoms with Crippen molar-refractivity contribution in [1.82, 2.24) is 4.98 Å². The molecule has 0 unspecified atom stereocenters. The van der Waals surface area contributed by atoms with Gasteiger partial charge in [0.05, 0.1) is 33.4 Å². The van der Waals surface area contributed by atoms with Gasteiger partial charge < -0.3 is 19.5 Å². The Morgan fingerprint density at radius 1 is 1.23 bits per heavy atom. The molecule has 0 aliphatic heterocycles. The second-order valence-corrected chi connectivity index (χ2v) is 7.58. The van der Waals surface area contributed by atoms with Crippen molar-refractivity contribution in [3.63, 3.8) is 0 Å². The summed E-state index contributed by atoms with van der Waals surface area (Å²) in [4.78, 5) is 18.3. The van der Waals surface area contributed by atoms with Crippen molar-refractivity contribution in [3.05, 3.63) is 28.3 Å². The number of aryl methyl sites for hydroxylation is 1. The molecule has 1 aliphatic rings. The third-order valence-electron chi connectivity index (χ3n) is 4.52. The van der Waals surface area contributed by atoms with E-state index < -0.39 is 0 Å². The van der Waals surface area contributed by atoms with Gasteiger partial charge in [-0.25, -0.2) is 4.98 Å². The van der Waals surface area contributed by atoms with Gasteiger partial charge in [-0.15, -0.1) is 11.3 Å². The zero-order chi connectivity index (χ0) is 18.7. The van der Waals surface area contributed by atoms with Crippen LogP contribution >= 0.6 is 11.3 Å². The van der Waals surface area contributed by atoms with E-state index in [0.717, 1.165) is 30.5 Å². The van der Waals surface area contributed by atoms with Gasteiger partial charge in [0.1, 0.15) is 0 Å². The number of thiazole rings is 1. The number of anilines is 1. The highest BCUT2D eigenvalue weighted by Gasteiger charge is 2.21. The van der Waals surface area contributed by atoms with Crippen LogP contribution in [0.1, 0.15) is 29.5 Å². The van der Waals surface area contributed by atoms with Crippen LogP contribution < -0.4 is 19.5 Å². The number of nitrogens with one attached hydrogen (secondary N) is 1. The molecular formula is C19H24N2O4S. The number of carbonyl (C=O) groups excluding carboxylic acids is 1. The number of aromatic nitrogens is 1. The molecule has 3 rings (SSSR count). The van der Waals surface area contributed by atoms with Crippen molar-refractivity contribution in [2.75, 3.05) is 26.6 Å². The number of hydrogen-bond donors (Lipinski definition) is 1. The number of ether oxygens (including phenoxy) is 3. The first-order valence-electron chi connectivity index (χ1n) is 8.61. The van der Waals surface area contributed by atoms with Crippen LogP contribution in [-0.4, -0.2) is 32.2 Å². The van der Waals surface area contributed by atoms with Crippen LogP contribution in [0.15, 0.2) is 12.1 Å². The number of hydrogen-bond acceptors (Lipinski definition) is 6. The molecule has 1 N–H and O–H groups in total. The average molecular weight is 376 g/mol. The Bertz CT molecular complexity index is 778. The number of amides is 1. The van der Waals surface area contributed by atoms with Crippen LogP contribution in [0.4, 0.5) is 5.13 Å². The second-order valence-electron chi connectivity index (χ2n) is 6.50. The SMILES string of the molecule is COc1cc(CC(=O)Nc2nc3c(s2)C[C@H](C)CC3)cc(OC)c1OC. The fourth-order valence-electron chi connectivity index (χ4n) is 3.18. The summed E-state index contributed by atoms with van der Waals surface area (Å²) in [5.41, 5.74) is 1.92. The molecule has 6 nitrogen and oxygen atoms in total. The van der Waals surface area contributed by atoms with E-state index in [2.05, 4.69) is 17.2 Å². The minimum absolute atomic E-state index is 0.113. The smallest absolute Gasteiger partial charge is 0.230 e. The molecule has 1 aromatic heterocycles. The minimum Gasteiger partial charge on any atom is -0.493 e. The van der Waals surface area contributed by atoms with E-state index >= 15 is 0 Å². The van der Waals surface area contributed by atoms with E-state index in [1.165, 1.54) is 4.88 Å². The highest BCUT2D eigenvalue weighted by molar-refractivity contribution is 7.15. The molecular weight excluding hydrogens is 352 g/mol. The van der Waals surface area contributed by atoms with Gasteiger partial charge >= 0.3 is 0 Å². The first-order chi connectivity index (χ1) is 12.5. The third kappa shape index (κ3) is 3.93. The maximum absolute atomic E-state index is 12.5. The first kappa shape index (κ1) is 18.5. The Labute approximate surface area is 157 Å². The van der Waals surface area contributed by atoms with Crippen molar-refractivity contribution >= 4 is 22.4 Å². The van der Waals surface area contributed by atoms with Crippen LogP contribution in [0, 0.1) is 5.92 Å². The highest BCUT2D eigenvalue weighted by Crippen LogP contribution is 2.38. The second kappa shape index (κ2) is 7.95. The summed E-state index contributed by atoms with van der Waals surface area (Å²) in [5, 5.41) is 3.60. The lowest BCUT2D eigenvalue weighted by Gasteiger charge is -2.15. The van der Waals surface area contributed by atoms with Crippen molar-refractivity contribution in [1.29, 1.82) is 0 Å². The lowest BCUT2D eigenvalue weighted by Crippen LogP contribution is -2.14. The third-order valence-corrected chi connectivity index (χ3v) is 5.56. The summed E-state index contributed by atoms with van der Waals surface area (Å²) in [5.74, 6) is 2.16. The maximum Gasteiger partial charge on any atom is 0.230 e. The Hall–Kier alpha value is -2.28. The Balaban J connectivity index is 1.72. The normalized spacial score (nSPS) is 15.9. The summed E-state index contributed by atoms with van der Waals surface area (Å²) >= 11 is 1.59. The van der Waals surface area contributed by atoms with Gasteiger partial charge in [-0.05, 0) is 42.9 Å². The van der Waals surface area contributed by atoms with Crippen molar-refractivity contribution < 1.29 is 19.0 Å². The summed E-state index contributed by atoms with van der Waals surface area (Å²) in [6, 6.07) is 3.57. The summed E-state index contributed by atoms with van der Waals surface area (Å²) in [6.07, 6.45) is 3.42. The molecule has 1 aromatic carbocycles. The molecule has 1 atom stereocenters. The van der Waals surface area contributed by atoms with Crippen LogP contribution in [0.3, 0.4) is 0 Å². The molecule has 0 bridgehead atoms. The molecule has 0 saturated heterocycles. The standard InChI is InChI=1S/C19H24N2O4S/c1-11-5-6-13-16(7-11)26-19(20-13)21-17(22)10-12-8-14(23-2)18(25-4)15(9-12)24-3/h8-9,11H,5-7,10H2,1-4H3,(H,20,21,22)/t11-/m1/s1. The van der Waals surface area contributed by atoms with Gasteiger partial charge in [0.2, 0.25) is 11.7 Å². The monoisotopic (exact) mass is 376 g/mol. The zero-order valence-corrected chi connectivity index (χ0v) is 16.4. The van der Waals surface area contributed by atoms with Crippen molar-refractivity contribution in [3.8, 4) is 17.2 Å². The molecule has 0 saturated carbocycles. The van der Waals surface area contributed by atoms with Crippen LogP contribution in [0.2, 0.25) is 0 Å². The fourth-order valence-corrected chi connectivity index (χ4v) is 4.37. The molecule has 140 valence electrons. The largest absolute Gasteiger partial charge is 0.493 e. The molecule has 0 radical (unpaired) electrons. The summed E-state index contributed by atoms with van der Waals surface area (Å²) < 4.78 is 16.0. The number of carbonyl (C=O) groups is 1. The quantitative estimate of drug-likeness (QED) is 0.836. The molecule has 7 heteroatoms. The molecule has 1 amide bonds. The van der Waals surface area contributed by atoms with Gasteiger partial charge in [0, 0.05) is 4.88 Å². The van der Waals surface area contributed by atoms with Gasteiger partial charge in [-0.2, -0.15) is 0 Å². The van der Waals surface area contributed by atoms with Crippen LogP contribution in [-0.2, 0) is 24.1 Å². The molecule has 26 heavy (non-hydrogen) atoms. The number of nitrogens with zero attached hydrogens (tertiary/aromatic N) is 1. The number of rotatable bonds is 6. The molecule has 1 aliphatic carbocycles. The predicted molar refractivity (Wildman–Crippen MR) is 102 cm³/mol. The Morgan fingerprint density at radius 2 is 1.92 bits per heavy atom. The Morgan fingerprint density at radius 3 is 2.54 bits per heavy atom. The molecule has 1 heterocycles. The van der Waals surface area contributed by atoms with E-state index in [4.69, 9.17) is 14.2 Å². The minimum atomic E-state index is -0.113. The Kier molecular flexibility index (Phi) is 5.66. The van der Waals surface area contributed by atoms with E-state index in [1.807, 2.05) is 0 Å². The molecule has 0 fully saturated rings. The van der Waals surface area contributed by atoms with Gasteiger partial charge in [-0.3, -0.25) is 4.79 Å². The van der Waals surface area contributed by atoms with Crippen LogP contribution in [0.5, 0.6) is 17.2 Å². The predicted octanol–water partition coefficient (Wildman–Crippen LogP) is 3.47. The molecule has 0 spiro atoms. The summed E-state index contributed by atoms with van der Waals surface area (Å²) in [7, 11) is 4.67. The van der Waals surface area contributed by atoms with E-state index in [0.29, 0.717) is 28.3 Å². The fraction of sp³-hybridized carbons (Fsp3) is 0.474. The highest BCUT2D eigenvalue weighted by atomic mass is 32.1. The number of fused-ring (bicyclic) bond motifs is 1. The van der Waals surface area contributed by atoms with E-state index in [9.17, 15) is 4.79 Å². The maximum atomic E-state index is 12.5. The van der Waals surface area contributed by atoms with E-state index in [1.54, 1.807) is 44.8 Å². The lowest BCUT2D eigenvalue weighted by molar-refractivity contribution is -0.115. The molecule has 2 aromatic rings. The van der Waals surface area contributed by atoms with Crippen molar-refractivity contribution in [2.45, 2.75) is 32.6 Å². The topological polar surface area (TPSA) is 69.7 Å². The average Bonchev–Trinajstić information content (AvgIpc) is 3.01. The number of methoxy groups -OCH3 is 3.